The molecule has 19 heavy (non-hydrogen) atoms. The summed E-state index contributed by atoms with van der Waals surface area (Å²) in [5.41, 5.74) is -0.496. The Kier molecular flexibility index (Phi) is 5.60. The summed E-state index contributed by atoms with van der Waals surface area (Å²) in [5, 5.41) is 8.50. The first-order valence-corrected chi connectivity index (χ1v) is 6.55. The summed E-state index contributed by atoms with van der Waals surface area (Å²) in [5.74, 6) is -0.791. The van der Waals surface area contributed by atoms with Crippen molar-refractivity contribution >= 4 is 12.1 Å². The number of carbonyl (C=O) groups is 2. The van der Waals surface area contributed by atoms with Crippen molar-refractivity contribution in [3.63, 3.8) is 0 Å². The van der Waals surface area contributed by atoms with Crippen LogP contribution in [0.4, 0.5) is 4.79 Å². The first-order chi connectivity index (χ1) is 8.78. The van der Waals surface area contributed by atoms with E-state index in [1.165, 1.54) is 0 Å². The van der Waals surface area contributed by atoms with E-state index in [4.69, 9.17) is 14.6 Å². The zero-order valence-corrected chi connectivity index (χ0v) is 11.8. The minimum Gasteiger partial charge on any atom is -0.480 e. The minimum atomic E-state index is -0.972. The van der Waals surface area contributed by atoms with E-state index in [1.807, 2.05) is 20.8 Å². The van der Waals surface area contributed by atoms with Gasteiger partial charge in [0.1, 0.15) is 12.2 Å². The quantitative estimate of drug-likeness (QED) is 0.844. The van der Waals surface area contributed by atoms with E-state index in [0.29, 0.717) is 19.7 Å². The van der Waals surface area contributed by atoms with Gasteiger partial charge in [0.25, 0.3) is 0 Å². The third-order valence-electron chi connectivity index (χ3n) is 2.75. The van der Waals surface area contributed by atoms with Crippen molar-refractivity contribution in [2.24, 2.45) is 5.92 Å². The molecule has 0 aromatic heterocycles. The van der Waals surface area contributed by atoms with Crippen molar-refractivity contribution < 1.29 is 24.2 Å². The molecule has 1 saturated heterocycles. The van der Waals surface area contributed by atoms with Crippen molar-refractivity contribution in [2.75, 3.05) is 26.3 Å². The van der Waals surface area contributed by atoms with E-state index in [9.17, 15) is 9.59 Å². The average molecular weight is 273 g/mol. The van der Waals surface area contributed by atoms with Crippen LogP contribution in [0.2, 0.25) is 0 Å². The summed E-state index contributed by atoms with van der Waals surface area (Å²) in [6.07, 6.45) is 1.52. The molecule has 1 N–H and O–H groups in total. The van der Waals surface area contributed by atoms with Gasteiger partial charge in [-0.15, -0.1) is 0 Å². The number of amides is 1. The van der Waals surface area contributed by atoms with Crippen LogP contribution in [0.15, 0.2) is 0 Å². The van der Waals surface area contributed by atoms with Crippen LogP contribution >= 0.6 is 0 Å². The Labute approximate surface area is 113 Å². The second kappa shape index (κ2) is 6.75. The summed E-state index contributed by atoms with van der Waals surface area (Å²) in [6.45, 7) is 6.83. The molecule has 1 heterocycles. The number of likely N-dealkylation sites (tertiary alicyclic amines) is 1. The second-order valence-corrected chi connectivity index (χ2v) is 5.84. The first-order valence-electron chi connectivity index (χ1n) is 6.55. The van der Waals surface area contributed by atoms with Crippen molar-refractivity contribution in [3.8, 4) is 0 Å². The highest BCUT2D eigenvalue weighted by Crippen LogP contribution is 2.19. The fourth-order valence-electron chi connectivity index (χ4n) is 2.01. The van der Waals surface area contributed by atoms with E-state index >= 15 is 0 Å². The van der Waals surface area contributed by atoms with E-state index in [-0.39, 0.29) is 18.6 Å². The molecule has 1 aliphatic heterocycles. The molecular formula is C13H23NO5. The van der Waals surface area contributed by atoms with Gasteiger partial charge in [0, 0.05) is 19.0 Å². The molecule has 1 unspecified atom stereocenters. The van der Waals surface area contributed by atoms with E-state index in [1.54, 1.807) is 4.90 Å². The van der Waals surface area contributed by atoms with E-state index in [2.05, 4.69) is 0 Å². The van der Waals surface area contributed by atoms with Crippen LogP contribution in [0.25, 0.3) is 0 Å². The minimum absolute atomic E-state index is 0.181. The largest absolute Gasteiger partial charge is 0.480 e. The Morgan fingerprint density at radius 2 is 2.05 bits per heavy atom. The lowest BCUT2D eigenvalue weighted by Crippen LogP contribution is -2.43. The Hall–Kier alpha value is -1.30. The number of carboxylic acid groups (broad SMARTS) is 1. The zero-order chi connectivity index (χ0) is 14.5. The normalized spacial score (nSPS) is 20.2. The third kappa shape index (κ3) is 6.42. The van der Waals surface area contributed by atoms with Gasteiger partial charge >= 0.3 is 12.1 Å². The maximum absolute atomic E-state index is 11.9. The first kappa shape index (κ1) is 15.8. The third-order valence-corrected chi connectivity index (χ3v) is 2.75. The van der Waals surface area contributed by atoms with Gasteiger partial charge in [-0.2, -0.15) is 0 Å². The molecule has 0 aliphatic carbocycles. The number of hydrogen-bond acceptors (Lipinski definition) is 4. The number of ether oxygens (including phenoxy) is 2. The smallest absolute Gasteiger partial charge is 0.410 e. The van der Waals surface area contributed by atoms with Crippen LogP contribution in [-0.2, 0) is 14.3 Å². The number of nitrogens with zero attached hydrogens (tertiary/aromatic N) is 1. The number of carbonyl (C=O) groups excluding carboxylic acids is 1. The molecule has 6 heteroatoms. The summed E-state index contributed by atoms with van der Waals surface area (Å²) in [4.78, 5) is 23.9. The van der Waals surface area contributed by atoms with Crippen LogP contribution in [0.3, 0.4) is 0 Å². The molecule has 1 fully saturated rings. The van der Waals surface area contributed by atoms with E-state index in [0.717, 1.165) is 12.8 Å². The highest BCUT2D eigenvalue weighted by Gasteiger charge is 2.27. The van der Waals surface area contributed by atoms with Crippen LogP contribution in [0, 0.1) is 5.92 Å². The van der Waals surface area contributed by atoms with Gasteiger partial charge in [-0.05, 0) is 33.6 Å². The predicted octanol–water partition coefficient (Wildman–Crippen LogP) is 1.73. The fourth-order valence-corrected chi connectivity index (χ4v) is 2.01. The summed E-state index contributed by atoms with van der Waals surface area (Å²) >= 11 is 0. The highest BCUT2D eigenvalue weighted by molar-refractivity contribution is 5.68. The highest BCUT2D eigenvalue weighted by atomic mass is 16.6. The molecular weight excluding hydrogens is 250 g/mol. The van der Waals surface area contributed by atoms with Gasteiger partial charge in [-0.25, -0.2) is 9.59 Å². The summed E-state index contributed by atoms with van der Waals surface area (Å²) in [6, 6.07) is 0. The molecule has 6 nitrogen and oxygen atoms in total. The van der Waals surface area contributed by atoms with Gasteiger partial charge in [0.2, 0.25) is 0 Å². The molecule has 1 aliphatic rings. The van der Waals surface area contributed by atoms with Gasteiger partial charge in [-0.1, -0.05) is 0 Å². The van der Waals surface area contributed by atoms with Crippen molar-refractivity contribution in [3.05, 3.63) is 0 Å². The Morgan fingerprint density at radius 1 is 1.37 bits per heavy atom. The van der Waals surface area contributed by atoms with Crippen LogP contribution in [0.5, 0.6) is 0 Å². The molecule has 0 aromatic rings. The van der Waals surface area contributed by atoms with Crippen molar-refractivity contribution in [1.82, 2.24) is 4.90 Å². The van der Waals surface area contributed by atoms with Crippen LogP contribution < -0.4 is 0 Å². The number of rotatable bonds is 4. The summed E-state index contributed by atoms with van der Waals surface area (Å²) in [7, 11) is 0. The molecule has 0 bridgehead atoms. The molecule has 0 radical (unpaired) electrons. The topological polar surface area (TPSA) is 76.1 Å². The standard InChI is InChI=1S/C13H23NO5/c1-13(2,3)19-12(17)14-6-4-5-10(7-14)8-18-9-11(15)16/h10H,4-9H2,1-3H3,(H,15,16). The van der Waals surface area contributed by atoms with Crippen LogP contribution in [-0.4, -0.2) is 54.0 Å². The molecule has 1 atom stereocenters. The molecule has 1 amide bonds. The average Bonchev–Trinajstić information content (AvgIpc) is 2.26. The Balaban J connectivity index is 2.37. The number of carboxylic acids is 1. The van der Waals surface area contributed by atoms with Crippen LogP contribution in [0.1, 0.15) is 33.6 Å². The monoisotopic (exact) mass is 273 g/mol. The maximum Gasteiger partial charge on any atom is 0.410 e. The fraction of sp³-hybridized carbons (Fsp3) is 0.846. The van der Waals surface area contributed by atoms with Gasteiger partial charge in [-0.3, -0.25) is 0 Å². The number of aliphatic carboxylic acids is 1. The van der Waals surface area contributed by atoms with E-state index < -0.39 is 11.6 Å². The van der Waals surface area contributed by atoms with Crippen molar-refractivity contribution in [2.45, 2.75) is 39.2 Å². The molecule has 0 aromatic carbocycles. The van der Waals surface area contributed by atoms with Crippen molar-refractivity contribution in [1.29, 1.82) is 0 Å². The molecule has 110 valence electrons. The Bertz CT molecular complexity index is 323. The number of piperidine rings is 1. The van der Waals surface area contributed by atoms with Gasteiger partial charge in [0.05, 0.1) is 6.61 Å². The lowest BCUT2D eigenvalue weighted by atomic mass is 9.99. The lowest BCUT2D eigenvalue weighted by molar-refractivity contribution is -0.142. The zero-order valence-electron chi connectivity index (χ0n) is 11.8. The van der Waals surface area contributed by atoms with Gasteiger partial charge < -0.3 is 19.5 Å². The second-order valence-electron chi connectivity index (χ2n) is 5.84. The molecule has 0 saturated carbocycles. The van der Waals surface area contributed by atoms with Gasteiger partial charge in [0.15, 0.2) is 0 Å². The summed E-state index contributed by atoms with van der Waals surface area (Å²) < 4.78 is 10.4. The predicted molar refractivity (Wildman–Crippen MR) is 69.0 cm³/mol. The Morgan fingerprint density at radius 3 is 2.63 bits per heavy atom. The molecule has 1 rings (SSSR count). The number of hydrogen-bond donors (Lipinski definition) is 1. The SMILES string of the molecule is CC(C)(C)OC(=O)N1CCCC(COCC(=O)O)C1. The molecule has 0 spiro atoms. The lowest BCUT2D eigenvalue weighted by Gasteiger charge is -2.33. The maximum atomic E-state index is 11.9.